The summed E-state index contributed by atoms with van der Waals surface area (Å²) in [7, 11) is -4.16. The zero-order valence-corrected chi connectivity index (χ0v) is 9.35. The fraction of sp³-hybridized carbons (Fsp3) is 0. The van der Waals surface area contributed by atoms with Gasteiger partial charge in [-0.15, -0.1) is 10.4 Å². The van der Waals surface area contributed by atoms with Crippen LogP contribution in [0.2, 0.25) is 0 Å². The van der Waals surface area contributed by atoms with Crippen LogP contribution in [0.4, 0.5) is 0 Å². The molecule has 0 bridgehead atoms. The van der Waals surface area contributed by atoms with E-state index in [4.69, 9.17) is 11.1 Å². The monoisotopic (exact) mass is 271 g/mol. The highest BCUT2D eigenvalue weighted by Gasteiger charge is 2.06. The van der Waals surface area contributed by atoms with Gasteiger partial charge < -0.3 is 0 Å². The minimum atomic E-state index is -4.16. The van der Waals surface area contributed by atoms with Crippen LogP contribution in [0.15, 0.2) is 34.0 Å². The molecule has 0 saturated heterocycles. The summed E-state index contributed by atoms with van der Waals surface area (Å²) in [5.74, 6) is -0.875. The number of rotatable bonds is 3. The smallest absolute Gasteiger partial charge is 0.286 e. The van der Waals surface area contributed by atoms with Gasteiger partial charge in [0.2, 0.25) is 11.6 Å². The highest BCUT2D eigenvalue weighted by Crippen LogP contribution is 1.90. The van der Waals surface area contributed by atoms with Gasteiger partial charge in [0.05, 0.1) is 4.52 Å². The lowest BCUT2D eigenvalue weighted by molar-refractivity contribution is -0.131. The molecule has 0 spiro atoms. The summed E-state index contributed by atoms with van der Waals surface area (Å²) in [6.45, 7) is 0. The molecular formula is C6H5N7O4S. The second-order valence-corrected chi connectivity index (χ2v) is 3.67. The number of ketones is 2. The first-order valence-corrected chi connectivity index (χ1v) is 5.42. The Hall–Kier alpha value is -2.81. The second kappa shape index (κ2) is 7.46. The van der Waals surface area contributed by atoms with Crippen molar-refractivity contribution in [1.82, 2.24) is 4.83 Å². The Bertz CT molecular complexity index is 569. The van der Waals surface area contributed by atoms with Gasteiger partial charge in [-0.3, -0.25) is 9.59 Å². The molecule has 0 fully saturated rings. The number of hydrogen-bond donors (Lipinski definition) is 1. The van der Waals surface area contributed by atoms with Crippen LogP contribution in [0.1, 0.15) is 0 Å². The van der Waals surface area contributed by atoms with Crippen molar-refractivity contribution < 1.29 is 18.0 Å². The predicted molar refractivity (Wildman–Crippen MR) is 58.6 cm³/mol. The van der Waals surface area contributed by atoms with E-state index in [1.165, 1.54) is 17.0 Å². The Morgan fingerprint density at radius 2 is 1.56 bits per heavy atom. The summed E-state index contributed by atoms with van der Waals surface area (Å²) in [6, 6.07) is 0. The molecule has 0 aromatic rings. The average Bonchev–Trinajstić information content (AvgIpc) is 2.31. The van der Waals surface area contributed by atoms with E-state index in [9.17, 15) is 18.0 Å². The molecule has 0 aromatic heterocycles. The lowest BCUT2D eigenvalue weighted by Crippen LogP contribution is -2.12. The fourth-order valence-electron chi connectivity index (χ4n) is 0.586. The maximum atomic E-state index is 10.3. The Morgan fingerprint density at radius 1 is 1.06 bits per heavy atom. The molecule has 18 heavy (non-hydrogen) atoms. The van der Waals surface area contributed by atoms with Crippen molar-refractivity contribution in [2.45, 2.75) is 0 Å². The minimum absolute atomic E-state index is 0.437. The molecule has 1 aliphatic carbocycles. The molecule has 11 nitrogen and oxygen atoms in total. The lowest BCUT2D eigenvalue weighted by atomic mass is 10.1. The highest BCUT2D eigenvalue weighted by molar-refractivity contribution is 7.88. The Morgan fingerprint density at radius 3 is 1.89 bits per heavy atom. The van der Waals surface area contributed by atoms with Crippen LogP contribution in [0.25, 0.3) is 20.9 Å². The van der Waals surface area contributed by atoms with Crippen molar-refractivity contribution >= 4 is 21.8 Å². The number of hydrogen-bond acceptors (Lipinski definition) is 5. The molecule has 1 rings (SSSR count). The van der Waals surface area contributed by atoms with E-state index < -0.39 is 21.8 Å². The number of allylic oxidation sites excluding steroid dienone is 4. The van der Waals surface area contributed by atoms with Gasteiger partial charge in [-0.1, -0.05) is 12.2 Å². The maximum Gasteiger partial charge on any atom is 0.394 e. The van der Waals surface area contributed by atoms with E-state index in [2.05, 4.69) is 14.7 Å². The first-order chi connectivity index (χ1) is 8.43. The van der Waals surface area contributed by atoms with Gasteiger partial charge in [-0.25, -0.2) is 0 Å². The molecule has 0 aromatic carbocycles. The third kappa shape index (κ3) is 6.63. The quantitative estimate of drug-likeness (QED) is 0.197. The largest absolute Gasteiger partial charge is 0.394 e. The van der Waals surface area contributed by atoms with Crippen LogP contribution in [-0.2, 0) is 19.8 Å². The number of nitrogens with zero attached hydrogens (tertiary/aromatic N) is 6. The third-order valence-electron chi connectivity index (χ3n) is 1.19. The normalized spacial score (nSPS) is 12.7. The van der Waals surface area contributed by atoms with Gasteiger partial charge in [-0.2, -0.15) is 13.3 Å². The van der Waals surface area contributed by atoms with Crippen LogP contribution in [0, 0.1) is 0 Å². The topological polar surface area (TPSA) is 178 Å². The molecule has 0 amide bonds. The molecule has 0 unspecified atom stereocenters. The predicted octanol–water partition coefficient (Wildman–Crippen LogP) is 0.607. The molecule has 0 aliphatic heterocycles. The van der Waals surface area contributed by atoms with Gasteiger partial charge in [0, 0.05) is 4.91 Å². The van der Waals surface area contributed by atoms with E-state index in [0.717, 1.165) is 0 Å². The van der Waals surface area contributed by atoms with Gasteiger partial charge in [-0.05, 0) is 22.9 Å². The summed E-state index contributed by atoms with van der Waals surface area (Å²) >= 11 is 0. The van der Waals surface area contributed by atoms with E-state index in [1.54, 1.807) is 12.2 Å². The second-order valence-electron chi connectivity index (χ2n) is 2.37. The van der Waals surface area contributed by atoms with Crippen molar-refractivity contribution in [1.29, 1.82) is 0 Å². The Labute approximate surface area is 100 Å². The van der Waals surface area contributed by atoms with Crippen LogP contribution in [0.5, 0.6) is 0 Å². The molecule has 0 heterocycles. The van der Waals surface area contributed by atoms with E-state index >= 15 is 0 Å². The first kappa shape index (κ1) is 15.2. The zero-order valence-electron chi connectivity index (χ0n) is 8.53. The van der Waals surface area contributed by atoms with Crippen LogP contribution < -0.4 is 4.83 Å². The van der Waals surface area contributed by atoms with Crippen molar-refractivity contribution in [3.8, 4) is 0 Å². The molecule has 1 N–H and O–H groups in total. The van der Waals surface area contributed by atoms with Crippen molar-refractivity contribution in [2.75, 3.05) is 0 Å². The number of azide groups is 2. The Kier molecular flexibility index (Phi) is 6.30. The van der Waals surface area contributed by atoms with Gasteiger partial charge in [0.15, 0.2) is 0 Å². The van der Waals surface area contributed by atoms with E-state index in [-0.39, 0.29) is 0 Å². The van der Waals surface area contributed by atoms with Crippen molar-refractivity contribution in [3.63, 3.8) is 0 Å². The highest BCUT2D eigenvalue weighted by atomic mass is 32.2. The fourth-order valence-corrected chi connectivity index (χ4v) is 0.859. The summed E-state index contributed by atoms with van der Waals surface area (Å²) < 4.78 is 22.7. The van der Waals surface area contributed by atoms with Crippen LogP contribution in [-0.4, -0.2) is 20.0 Å². The zero-order chi connectivity index (χ0) is 14.0. The Balaban J connectivity index is 0.000000327. The standard InChI is InChI=1S/C6H4O2.HN7O2S/c7-5-3-1-2-4-6(5)8;1-3-5-7-10(8,9)6-4-2/h1-4H;7H. The molecule has 0 radical (unpaired) electrons. The SMILES string of the molecule is O=C1C=CC=CC1=O.[N-]=[N+]=NNS(=O)(=O)N=[N+]=[N-]. The maximum absolute atomic E-state index is 10.3. The average molecular weight is 271 g/mol. The summed E-state index contributed by atoms with van der Waals surface area (Å²) in [5, 5.41) is 2.44. The number of nitrogens with one attached hydrogen (secondary N) is 1. The third-order valence-corrected chi connectivity index (χ3v) is 1.79. The van der Waals surface area contributed by atoms with Crippen LogP contribution >= 0.6 is 0 Å². The van der Waals surface area contributed by atoms with Gasteiger partial charge in [0.25, 0.3) is 0 Å². The first-order valence-electron chi connectivity index (χ1n) is 3.98. The van der Waals surface area contributed by atoms with E-state index in [1.807, 2.05) is 4.91 Å². The molecular weight excluding hydrogens is 266 g/mol. The molecule has 12 heteroatoms. The van der Waals surface area contributed by atoms with Gasteiger partial charge >= 0.3 is 10.2 Å². The molecule has 1 aliphatic rings. The summed E-state index contributed by atoms with van der Waals surface area (Å²) in [6.07, 6.45) is 5.60. The molecule has 94 valence electrons. The van der Waals surface area contributed by atoms with Crippen molar-refractivity contribution in [3.05, 3.63) is 45.2 Å². The van der Waals surface area contributed by atoms with Gasteiger partial charge in [0.1, 0.15) is 0 Å². The molecule has 0 atom stereocenters. The number of carbonyl (C=O) groups excluding carboxylic acids is 2. The lowest BCUT2D eigenvalue weighted by Gasteiger charge is -1.88. The number of carbonyl (C=O) groups is 2. The minimum Gasteiger partial charge on any atom is -0.286 e. The van der Waals surface area contributed by atoms with Crippen molar-refractivity contribution in [2.24, 2.45) is 9.74 Å². The molecule has 0 saturated carbocycles. The van der Waals surface area contributed by atoms with E-state index in [0.29, 0.717) is 0 Å². The summed E-state index contributed by atoms with van der Waals surface area (Å²) in [4.78, 5) is 25.9. The summed E-state index contributed by atoms with van der Waals surface area (Å²) in [5.41, 5.74) is 15.2. The van der Waals surface area contributed by atoms with Crippen LogP contribution in [0.3, 0.4) is 0 Å².